The second-order valence-corrected chi connectivity index (χ2v) is 3.05. The molecule has 0 aliphatic carbocycles. The van der Waals surface area contributed by atoms with E-state index in [1.165, 1.54) is 14.2 Å². The van der Waals surface area contributed by atoms with Gasteiger partial charge in [-0.1, -0.05) is 0 Å². The minimum Gasteiger partial charge on any atom is -0.394 e. The molecule has 5 heteroatoms. The van der Waals surface area contributed by atoms with Gasteiger partial charge in [0.05, 0.1) is 18.8 Å². The molecule has 0 bridgehead atoms. The molecule has 0 radical (unpaired) electrons. The molecule has 0 aromatic rings. The Balaban J connectivity index is 2.56. The van der Waals surface area contributed by atoms with E-state index in [1.54, 1.807) is 0 Å². The first-order valence-electron chi connectivity index (χ1n) is 4.23. The lowest BCUT2D eigenvalue weighted by molar-refractivity contribution is -0.266. The van der Waals surface area contributed by atoms with E-state index >= 15 is 0 Å². The van der Waals surface area contributed by atoms with Crippen LogP contribution in [0.4, 0.5) is 0 Å². The Bertz CT molecular complexity index is 137. The average Bonchev–Trinajstić information content (AvgIpc) is 2.18. The third kappa shape index (κ3) is 2.38. The van der Waals surface area contributed by atoms with Crippen molar-refractivity contribution >= 4 is 0 Å². The largest absolute Gasteiger partial charge is 0.394 e. The van der Waals surface area contributed by atoms with Crippen molar-refractivity contribution in [2.24, 2.45) is 0 Å². The number of ether oxygens (including phenoxy) is 3. The summed E-state index contributed by atoms with van der Waals surface area (Å²) in [6.07, 6.45) is -1.68. The van der Waals surface area contributed by atoms with Crippen LogP contribution in [0.25, 0.3) is 0 Å². The molecule has 78 valence electrons. The van der Waals surface area contributed by atoms with Crippen LogP contribution in [0.15, 0.2) is 0 Å². The summed E-state index contributed by atoms with van der Waals surface area (Å²) in [5.74, 6) is 0. The highest BCUT2D eigenvalue weighted by Crippen LogP contribution is 2.22. The van der Waals surface area contributed by atoms with Gasteiger partial charge in [0, 0.05) is 20.6 Å². The van der Waals surface area contributed by atoms with Crippen molar-refractivity contribution < 1.29 is 24.4 Å². The molecule has 1 rings (SSSR count). The first-order valence-corrected chi connectivity index (χ1v) is 4.23. The molecule has 1 aliphatic heterocycles. The number of methoxy groups -OCH3 is 2. The van der Waals surface area contributed by atoms with Gasteiger partial charge in [0.2, 0.25) is 0 Å². The number of rotatable bonds is 3. The Morgan fingerprint density at radius 2 is 2.08 bits per heavy atom. The van der Waals surface area contributed by atoms with Gasteiger partial charge in [-0.25, -0.2) is 0 Å². The quantitative estimate of drug-likeness (QED) is 0.607. The van der Waals surface area contributed by atoms with Gasteiger partial charge in [-0.05, 0) is 0 Å². The van der Waals surface area contributed by atoms with Crippen molar-refractivity contribution in [2.75, 3.05) is 20.8 Å². The van der Waals surface area contributed by atoms with Crippen LogP contribution < -0.4 is 0 Å². The molecule has 5 nitrogen and oxygen atoms in total. The zero-order valence-corrected chi connectivity index (χ0v) is 7.84. The molecular weight excluding hydrogens is 176 g/mol. The minimum atomic E-state index is -0.794. The molecule has 1 saturated heterocycles. The summed E-state index contributed by atoms with van der Waals surface area (Å²) in [5, 5.41) is 18.5. The maximum absolute atomic E-state index is 9.59. The zero-order chi connectivity index (χ0) is 9.84. The van der Waals surface area contributed by atoms with E-state index in [-0.39, 0.29) is 18.8 Å². The van der Waals surface area contributed by atoms with Crippen LogP contribution in [-0.4, -0.2) is 55.6 Å². The molecule has 3 unspecified atom stereocenters. The van der Waals surface area contributed by atoms with Crippen molar-refractivity contribution in [1.82, 2.24) is 0 Å². The van der Waals surface area contributed by atoms with Gasteiger partial charge in [0.15, 0.2) is 6.29 Å². The predicted octanol–water partition coefficient (Wildman–Crippen LogP) is -0.884. The fourth-order valence-electron chi connectivity index (χ4n) is 1.45. The van der Waals surface area contributed by atoms with Gasteiger partial charge in [0.1, 0.15) is 6.10 Å². The minimum absolute atomic E-state index is 0.0908. The first kappa shape index (κ1) is 10.9. The third-order valence-corrected chi connectivity index (χ3v) is 2.22. The summed E-state index contributed by atoms with van der Waals surface area (Å²) in [4.78, 5) is 0. The van der Waals surface area contributed by atoms with Gasteiger partial charge < -0.3 is 24.4 Å². The topological polar surface area (TPSA) is 68.2 Å². The summed E-state index contributed by atoms with van der Waals surface area (Å²) in [7, 11) is 2.96. The van der Waals surface area contributed by atoms with E-state index in [2.05, 4.69) is 0 Å². The lowest BCUT2D eigenvalue weighted by Crippen LogP contribution is -2.50. The Morgan fingerprint density at radius 1 is 1.38 bits per heavy atom. The van der Waals surface area contributed by atoms with Crippen molar-refractivity contribution in [3.8, 4) is 0 Å². The van der Waals surface area contributed by atoms with Crippen molar-refractivity contribution in [2.45, 2.75) is 31.0 Å². The van der Waals surface area contributed by atoms with Crippen LogP contribution >= 0.6 is 0 Å². The van der Waals surface area contributed by atoms with Crippen LogP contribution in [0.3, 0.4) is 0 Å². The maximum atomic E-state index is 9.59. The molecule has 0 aromatic heterocycles. The van der Waals surface area contributed by atoms with Crippen LogP contribution in [0, 0.1) is 0 Å². The number of hydrogen-bond donors (Lipinski definition) is 2. The Kier molecular flexibility index (Phi) is 4.08. The SMILES string of the molecule is COC1CC(CO)O[C@@H](OC)C1O. The van der Waals surface area contributed by atoms with Crippen LogP contribution in [0.1, 0.15) is 6.42 Å². The summed E-state index contributed by atoms with van der Waals surface area (Å²) in [6, 6.07) is 0. The van der Waals surface area contributed by atoms with Crippen molar-refractivity contribution in [3.05, 3.63) is 0 Å². The van der Waals surface area contributed by atoms with E-state index in [4.69, 9.17) is 19.3 Å². The van der Waals surface area contributed by atoms with Gasteiger partial charge in [-0.2, -0.15) is 0 Å². The van der Waals surface area contributed by atoms with Crippen molar-refractivity contribution in [1.29, 1.82) is 0 Å². The Hall–Kier alpha value is -0.200. The smallest absolute Gasteiger partial charge is 0.186 e. The lowest BCUT2D eigenvalue weighted by atomic mass is 10.0. The Morgan fingerprint density at radius 3 is 2.54 bits per heavy atom. The van der Waals surface area contributed by atoms with Crippen LogP contribution in [0.5, 0.6) is 0 Å². The lowest BCUT2D eigenvalue weighted by Gasteiger charge is -2.37. The van der Waals surface area contributed by atoms with E-state index in [0.717, 1.165) is 0 Å². The third-order valence-electron chi connectivity index (χ3n) is 2.22. The molecule has 0 aromatic carbocycles. The maximum Gasteiger partial charge on any atom is 0.186 e. The predicted molar refractivity (Wildman–Crippen MR) is 44.2 cm³/mol. The molecule has 0 amide bonds. The molecule has 2 N–H and O–H groups in total. The van der Waals surface area contributed by atoms with E-state index in [1.807, 2.05) is 0 Å². The molecule has 1 aliphatic rings. The van der Waals surface area contributed by atoms with Gasteiger partial charge in [-0.3, -0.25) is 0 Å². The van der Waals surface area contributed by atoms with E-state index in [9.17, 15) is 5.11 Å². The number of hydrogen-bond acceptors (Lipinski definition) is 5. The number of aliphatic hydroxyl groups is 2. The van der Waals surface area contributed by atoms with E-state index in [0.29, 0.717) is 6.42 Å². The summed E-state index contributed by atoms with van der Waals surface area (Å²) >= 11 is 0. The zero-order valence-electron chi connectivity index (χ0n) is 7.84. The molecule has 0 spiro atoms. The second-order valence-electron chi connectivity index (χ2n) is 3.05. The fraction of sp³-hybridized carbons (Fsp3) is 1.00. The van der Waals surface area contributed by atoms with Crippen molar-refractivity contribution in [3.63, 3.8) is 0 Å². The normalized spacial score (nSPS) is 40.6. The van der Waals surface area contributed by atoms with Gasteiger partial charge in [-0.15, -0.1) is 0 Å². The summed E-state index contributed by atoms with van der Waals surface area (Å²) in [5.41, 5.74) is 0. The van der Waals surface area contributed by atoms with E-state index < -0.39 is 12.4 Å². The first-order chi connectivity index (χ1) is 6.22. The van der Waals surface area contributed by atoms with Gasteiger partial charge in [0.25, 0.3) is 0 Å². The monoisotopic (exact) mass is 192 g/mol. The highest BCUT2D eigenvalue weighted by molar-refractivity contribution is 4.81. The highest BCUT2D eigenvalue weighted by Gasteiger charge is 2.37. The molecule has 4 atom stereocenters. The fourth-order valence-corrected chi connectivity index (χ4v) is 1.45. The molecule has 1 fully saturated rings. The molecule has 13 heavy (non-hydrogen) atoms. The highest BCUT2D eigenvalue weighted by atomic mass is 16.7. The second kappa shape index (κ2) is 4.88. The summed E-state index contributed by atoms with van der Waals surface area (Å²) in [6.45, 7) is -0.0908. The van der Waals surface area contributed by atoms with Crippen LogP contribution in [0.2, 0.25) is 0 Å². The Labute approximate surface area is 77.2 Å². The average molecular weight is 192 g/mol. The molecule has 0 saturated carbocycles. The molecular formula is C8H16O5. The molecule has 1 heterocycles. The van der Waals surface area contributed by atoms with Crippen LogP contribution in [-0.2, 0) is 14.2 Å². The van der Waals surface area contributed by atoms with Gasteiger partial charge >= 0.3 is 0 Å². The standard InChI is InChI=1S/C8H16O5/c1-11-6-3-5(4-9)13-8(12-2)7(6)10/h5-10H,3-4H2,1-2H3/t5?,6?,7?,8-/m1/s1. The number of aliphatic hydroxyl groups excluding tert-OH is 2. The summed E-state index contributed by atoms with van der Waals surface area (Å²) < 4.78 is 15.2.